The Hall–Kier alpha value is -2.21. The molecule has 0 aromatic carbocycles. The molecule has 1 aliphatic rings. The van der Waals surface area contributed by atoms with E-state index in [1.807, 2.05) is 12.1 Å². The number of thiazole rings is 1. The van der Waals surface area contributed by atoms with Crippen LogP contribution in [0.1, 0.15) is 41.4 Å². The monoisotopic (exact) mass is 327 g/mol. The normalized spacial score (nSPS) is 15.0. The Kier molecular flexibility index (Phi) is 3.61. The summed E-state index contributed by atoms with van der Waals surface area (Å²) < 4.78 is 1.43. The van der Waals surface area contributed by atoms with Crippen LogP contribution in [0.3, 0.4) is 0 Å². The van der Waals surface area contributed by atoms with Crippen molar-refractivity contribution in [3.8, 4) is 5.88 Å². The molecule has 4 rings (SSSR count). The van der Waals surface area contributed by atoms with Gasteiger partial charge in [-0.05, 0) is 37.0 Å². The number of aromatic hydroxyl groups is 1. The lowest BCUT2D eigenvalue weighted by atomic mass is 9.83. The summed E-state index contributed by atoms with van der Waals surface area (Å²) in [6.07, 6.45) is 7.32. The van der Waals surface area contributed by atoms with Crippen molar-refractivity contribution in [1.82, 2.24) is 14.4 Å². The van der Waals surface area contributed by atoms with Crippen molar-refractivity contribution < 1.29 is 5.11 Å². The number of hydrogen-bond acceptors (Lipinski definition) is 5. The third-order valence-electron chi connectivity index (χ3n) is 4.44. The van der Waals surface area contributed by atoms with Crippen LogP contribution in [0.2, 0.25) is 0 Å². The first-order valence-corrected chi connectivity index (χ1v) is 8.72. The van der Waals surface area contributed by atoms with Crippen LogP contribution >= 0.6 is 11.3 Å². The van der Waals surface area contributed by atoms with Crippen LogP contribution in [0.25, 0.3) is 5.65 Å². The first-order valence-electron chi connectivity index (χ1n) is 7.85. The third kappa shape index (κ3) is 2.86. The Morgan fingerprint density at radius 3 is 2.91 bits per heavy atom. The minimum Gasteiger partial charge on any atom is -0.493 e. The van der Waals surface area contributed by atoms with Gasteiger partial charge in [0.25, 0.3) is 5.56 Å². The van der Waals surface area contributed by atoms with Gasteiger partial charge in [-0.15, -0.1) is 11.3 Å². The standard InChI is InChI=1S/C17H17N3O2S/c21-15-9-17(22)20-7-6-11(8-14(20)19-15)4-5-16-18-13(10-23-16)12-2-1-3-12/h6-10,12,21H,1-5H2. The van der Waals surface area contributed by atoms with Gasteiger partial charge in [0, 0.05) is 23.9 Å². The summed E-state index contributed by atoms with van der Waals surface area (Å²) in [6.45, 7) is 0. The number of fused-ring (bicyclic) bond motifs is 1. The maximum Gasteiger partial charge on any atom is 0.261 e. The van der Waals surface area contributed by atoms with Crippen molar-refractivity contribution >= 4 is 17.0 Å². The van der Waals surface area contributed by atoms with Crippen molar-refractivity contribution in [3.05, 3.63) is 56.4 Å². The van der Waals surface area contributed by atoms with Crippen LogP contribution in [-0.2, 0) is 12.8 Å². The Morgan fingerprint density at radius 2 is 2.13 bits per heavy atom. The average Bonchev–Trinajstić information content (AvgIpc) is 2.91. The number of aromatic nitrogens is 3. The van der Waals surface area contributed by atoms with Crippen molar-refractivity contribution in [3.63, 3.8) is 0 Å². The number of rotatable bonds is 4. The first-order chi connectivity index (χ1) is 11.2. The van der Waals surface area contributed by atoms with Gasteiger partial charge >= 0.3 is 0 Å². The molecule has 1 N–H and O–H groups in total. The van der Waals surface area contributed by atoms with E-state index >= 15 is 0 Å². The molecule has 0 bridgehead atoms. The van der Waals surface area contributed by atoms with Gasteiger partial charge in [0.1, 0.15) is 5.65 Å². The Morgan fingerprint density at radius 1 is 1.26 bits per heavy atom. The molecule has 6 heteroatoms. The van der Waals surface area contributed by atoms with E-state index < -0.39 is 0 Å². The molecule has 5 nitrogen and oxygen atoms in total. The molecule has 3 heterocycles. The van der Waals surface area contributed by atoms with Crippen LogP contribution in [0.5, 0.6) is 5.88 Å². The van der Waals surface area contributed by atoms with Crippen LogP contribution in [-0.4, -0.2) is 19.5 Å². The van der Waals surface area contributed by atoms with Gasteiger partial charge in [-0.2, -0.15) is 4.98 Å². The highest BCUT2D eigenvalue weighted by atomic mass is 32.1. The van der Waals surface area contributed by atoms with E-state index in [1.165, 1.54) is 29.4 Å². The second kappa shape index (κ2) is 5.77. The van der Waals surface area contributed by atoms with Gasteiger partial charge in [-0.25, -0.2) is 4.98 Å². The average molecular weight is 327 g/mol. The Balaban J connectivity index is 1.51. The quantitative estimate of drug-likeness (QED) is 0.800. The van der Waals surface area contributed by atoms with E-state index in [9.17, 15) is 9.90 Å². The molecule has 0 saturated heterocycles. The van der Waals surface area contributed by atoms with Crippen molar-refractivity contribution in [2.24, 2.45) is 0 Å². The minimum atomic E-state index is -0.274. The van der Waals surface area contributed by atoms with Crippen LogP contribution < -0.4 is 5.56 Å². The third-order valence-corrected chi connectivity index (χ3v) is 5.37. The van der Waals surface area contributed by atoms with Gasteiger partial charge in [-0.1, -0.05) is 6.42 Å². The predicted octanol–water partition coefficient (Wildman–Crippen LogP) is 2.91. The molecular weight excluding hydrogens is 310 g/mol. The molecule has 0 amide bonds. The topological polar surface area (TPSA) is 67.5 Å². The molecule has 1 saturated carbocycles. The van der Waals surface area contributed by atoms with E-state index in [-0.39, 0.29) is 11.4 Å². The van der Waals surface area contributed by atoms with Crippen LogP contribution in [0.4, 0.5) is 0 Å². The van der Waals surface area contributed by atoms with E-state index in [0.29, 0.717) is 11.6 Å². The SMILES string of the molecule is O=c1cc(O)nc2cc(CCc3nc(C4CCC4)cs3)ccn12. The second-order valence-corrected chi connectivity index (χ2v) is 6.95. The van der Waals surface area contributed by atoms with E-state index in [1.54, 1.807) is 17.5 Å². The molecule has 0 aliphatic heterocycles. The number of aryl methyl sites for hydroxylation is 2. The highest BCUT2D eigenvalue weighted by Gasteiger charge is 2.21. The summed E-state index contributed by atoms with van der Waals surface area (Å²) in [5.41, 5.74) is 2.54. The van der Waals surface area contributed by atoms with E-state index in [0.717, 1.165) is 29.5 Å². The minimum absolute atomic E-state index is 0.239. The van der Waals surface area contributed by atoms with Gasteiger partial charge in [-0.3, -0.25) is 9.20 Å². The molecule has 0 spiro atoms. The molecule has 1 aliphatic carbocycles. The summed E-state index contributed by atoms with van der Waals surface area (Å²) in [7, 11) is 0. The predicted molar refractivity (Wildman–Crippen MR) is 89.2 cm³/mol. The molecule has 0 radical (unpaired) electrons. The van der Waals surface area contributed by atoms with Gasteiger partial charge < -0.3 is 5.11 Å². The highest BCUT2D eigenvalue weighted by molar-refractivity contribution is 7.09. The van der Waals surface area contributed by atoms with Gasteiger partial charge in [0.05, 0.1) is 16.8 Å². The largest absolute Gasteiger partial charge is 0.493 e. The summed E-state index contributed by atoms with van der Waals surface area (Å²) in [5.74, 6) is 0.442. The summed E-state index contributed by atoms with van der Waals surface area (Å²) in [5, 5.41) is 12.8. The lowest BCUT2D eigenvalue weighted by Gasteiger charge is -2.22. The van der Waals surface area contributed by atoms with Crippen molar-refractivity contribution in [2.75, 3.05) is 0 Å². The smallest absolute Gasteiger partial charge is 0.261 e. The zero-order chi connectivity index (χ0) is 15.8. The molecule has 23 heavy (non-hydrogen) atoms. The zero-order valence-electron chi connectivity index (χ0n) is 12.6. The number of hydrogen-bond donors (Lipinski definition) is 1. The maximum atomic E-state index is 11.7. The maximum absolute atomic E-state index is 11.7. The zero-order valence-corrected chi connectivity index (χ0v) is 13.4. The summed E-state index contributed by atoms with van der Waals surface area (Å²) in [4.78, 5) is 20.5. The molecule has 118 valence electrons. The molecule has 3 aromatic rings. The number of nitrogens with zero attached hydrogens (tertiary/aromatic N) is 3. The second-order valence-electron chi connectivity index (χ2n) is 6.01. The Labute approximate surface area is 137 Å². The van der Waals surface area contributed by atoms with E-state index in [2.05, 4.69) is 10.4 Å². The van der Waals surface area contributed by atoms with Gasteiger partial charge in [0.2, 0.25) is 5.88 Å². The van der Waals surface area contributed by atoms with Gasteiger partial charge in [0.15, 0.2) is 0 Å². The molecule has 0 atom stereocenters. The lowest BCUT2D eigenvalue weighted by molar-refractivity contribution is 0.412. The molecule has 1 fully saturated rings. The van der Waals surface area contributed by atoms with Crippen molar-refractivity contribution in [1.29, 1.82) is 0 Å². The fourth-order valence-corrected chi connectivity index (χ4v) is 3.75. The number of pyridine rings is 1. The van der Waals surface area contributed by atoms with Crippen LogP contribution in [0, 0.1) is 0 Å². The van der Waals surface area contributed by atoms with Crippen LogP contribution in [0.15, 0.2) is 34.6 Å². The first kappa shape index (κ1) is 14.4. The summed E-state index contributed by atoms with van der Waals surface area (Å²) >= 11 is 1.73. The molecular formula is C17H17N3O2S. The lowest BCUT2D eigenvalue weighted by Crippen LogP contribution is -2.13. The fourth-order valence-electron chi connectivity index (χ4n) is 2.87. The van der Waals surface area contributed by atoms with E-state index in [4.69, 9.17) is 4.98 Å². The Bertz CT molecular complexity index is 912. The summed E-state index contributed by atoms with van der Waals surface area (Å²) in [6, 6.07) is 4.89. The van der Waals surface area contributed by atoms with Crippen molar-refractivity contribution in [2.45, 2.75) is 38.0 Å². The molecule has 3 aromatic heterocycles. The molecule has 0 unspecified atom stereocenters. The fraction of sp³-hybridized carbons (Fsp3) is 0.353. The highest BCUT2D eigenvalue weighted by Crippen LogP contribution is 2.36.